The minimum atomic E-state index is -0.853. The van der Waals surface area contributed by atoms with Crippen LogP contribution in [0, 0.1) is 11.6 Å². The van der Waals surface area contributed by atoms with E-state index in [2.05, 4.69) is 15.3 Å². The summed E-state index contributed by atoms with van der Waals surface area (Å²) in [5, 5.41) is 2.25. The smallest absolute Gasteiger partial charge is 0.293 e. The van der Waals surface area contributed by atoms with E-state index in [9.17, 15) is 13.6 Å². The first-order valence-corrected chi connectivity index (χ1v) is 4.70. The first kappa shape index (κ1) is 11.1. The summed E-state index contributed by atoms with van der Waals surface area (Å²) in [6.45, 7) is 0. The Kier molecular flexibility index (Phi) is 3.04. The van der Waals surface area contributed by atoms with Gasteiger partial charge in [0.05, 0.1) is 5.69 Å². The molecule has 17 heavy (non-hydrogen) atoms. The lowest BCUT2D eigenvalue weighted by atomic mass is 10.3. The van der Waals surface area contributed by atoms with Crippen molar-refractivity contribution in [3.63, 3.8) is 0 Å². The van der Waals surface area contributed by atoms with Gasteiger partial charge in [0.2, 0.25) is 5.82 Å². The first-order valence-electron chi connectivity index (χ1n) is 4.70. The highest BCUT2D eigenvalue weighted by Gasteiger charge is 2.11. The molecule has 1 N–H and O–H groups in total. The van der Waals surface area contributed by atoms with Gasteiger partial charge in [-0.1, -0.05) is 0 Å². The lowest BCUT2D eigenvalue weighted by molar-refractivity contribution is 0.101. The number of halogens is 2. The van der Waals surface area contributed by atoms with E-state index in [1.165, 1.54) is 12.4 Å². The van der Waals surface area contributed by atoms with Gasteiger partial charge < -0.3 is 5.32 Å². The average molecular weight is 235 g/mol. The van der Waals surface area contributed by atoms with Crippen molar-refractivity contribution in [2.24, 2.45) is 0 Å². The fourth-order valence-corrected chi connectivity index (χ4v) is 1.19. The summed E-state index contributed by atoms with van der Waals surface area (Å²) in [5.74, 6) is -2.31. The first-order chi connectivity index (χ1) is 8.16. The molecule has 0 spiro atoms. The van der Waals surface area contributed by atoms with E-state index in [4.69, 9.17) is 0 Å². The maximum atomic E-state index is 13.2. The molecule has 0 saturated carbocycles. The van der Waals surface area contributed by atoms with Crippen LogP contribution in [0.25, 0.3) is 0 Å². The summed E-state index contributed by atoms with van der Waals surface area (Å²) in [4.78, 5) is 19.0. The van der Waals surface area contributed by atoms with Gasteiger partial charge in [0.15, 0.2) is 0 Å². The zero-order valence-electron chi connectivity index (χ0n) is 8.52. The summed E-state index contributed by atoms with van der Waals surface area (Å²) < 4.78 is 25.9. The van der Waals surface area contributed by atoms with Crippen LogP contribution in [0.15, 0.2) is 36.7 Å². The lowest BCUT2D eigenvalue weighted by Crippen LogP contribution is -2.16. The Morgan fingerprint density at radius 2 is 1.88 bits per heavy atom. The Hall–Kier alpha value is -2.37. The third-order valence-corrected chi connectivity index (χ3v) is 1.95. The van der Waals surface area contributed by atoms with Crippen LogP contribution in [0.2, 0.25) is 0 Å². The summed E-state index contributed by atoms with van der Waals surface area (Å²) >= 11 is 0. The maximum absolute atomic E-state index is 13.2. The van der Waals surface area contributed by atoms with Crippen molar-refractivity contribution in [3.05, 3.63) is 54.1 Å². The van der Waals surface area contributed by atoms with Crippen molar-refractivity contribution >= 4 is 11.6 Å². The molecule has 0 aliphatic heterocycles. The zero-order valence-corrected chi connectivity index (χ0v) is 8.52. The van der Waals surface area contributed by atoms with Crippen molar-refractivity contribution in [3.8, 4) is 0 Å². The number of nitrogens with one attached hydrogen (secondary N) is 1. The molecule has 0 radical (unpaired) electrons. The maximum Gasteiger partial charge on any atom is 0.293 e. The molecule has 0 atom stereocenters. The summed E-state index contributed by atoms with van der Waals surface area (Å²) in [5.41, 5.74) is -0.121. The third-order valence-electron chi connectivity index (χ3n) is 1.95. The Labute approximate surface area is 95.3 Å². The van der Waals surface area contributed by atoms with Crippen LogP contribution in [-0.4, -0.2) is 15.9 Å². The minimum absolute atomic E-state index is 0.0868. The van der Waals surface area contributed by atoms with Gasteiger partial charge in [-0.05, 0) is 18.2 Å². The van der Waals surface area contributed by atoms with Crippen LogP contribution in [-0.2, 0) is 0 Å². The van der Waals surface area contributed by atoms with Crippen molar-refractivity contribution in [1.29, 1.82) is 0 Å². The second-order valence-corrected chi connectivity index (χ2v) is 3.15. The molecule has 2 aromatic rings. The summed E-state index contributed by atoms with van der Waals surface area (Å²) in [6, 6.07) is 4.41. The van der Waals surface area contributed by atoms with Crippen LogP contribution in [0.4, 0.5) is 14.5 Å². The Balaban J connectivity index is 2.19. The molecule has 1 aromatic carbocycles. The number of anilines is 1. The molecule has 0 aliphatic carbocycles. The molecule has 1 amide bonds. The number of nitrogens with zero attached hydrogens (tertiary/aromatic N) is 2. The monoisotopic (exact) mass is 235 g/mol. The lowest BCUT2D eigenvalue weighted by Gasteiger charge is -2.04. The predicted molar refractivity (Wildman–Crippen MR) is 56.3 cm³/mol. The molecule has 0 fully saturated rings. The molecule has 1 heterocycles. The quantitative estimate of drug-likeness (QED) is 0.866. The number of amides is 1. The van der Waals surface area contributed by atoms with Gasteiger partial charge in [-0.3, -0.25) is 4.79 Å². The molecule has 86 valence electrons. The molecular weight excluding hydrogens is 228 g/mol. The Bertz CT molecular complexity index is 546. The highest BCUT2D eigenvalue weighted by Crippen LogP contribution is 2.15. The SMILES string of the molecule is O=C(Nc1ccc(F)cc1F)c1ncccn1. The third kappa shape index (κ3) is 2.60. The number of hydrogen-bond donors (Lipinski definition) is 1. The second-order valence-electron chi connectivity index (χ2n) is 3.15. The predicted octanol–water partition coefficient (Wildman–Crippen LogP) is 2.01. The average Bonchev–Trinajstić information content (AvgIpc) is 2.34. The highest BCUT2D eigenvalue weighted by atomic mass is 19.1. The molecular formula is C11H7F2N3O. The van der Waals surface area contributed by atoms with E-state index in [1.54, 1.807) is 6.07 Å². The number of benzene rings is 1. The number of hydrogen-bond acceptors (Lipinski definition) is 3. The van der Waals surface area contributed by atoms with Crippen LogP contribution >= 0.6 is 0 Å². The minimum Gasteiger partial charge on any atom is -0.317 e. The molecule has 0 saturated heterocycles. The molecule has 0 unspecified atom stereocenters. The Morgan fingerprint density at radius 3 is 2.53 bits per heavy atom. The van der Waals surface area contributed by atoms with Crippen LogP contribution in [0.1, 0.15) is 10.6 Å². The summed E-state index contributed by atoms with van der Waals surface area (Å²) in [6.07, 6.45) is 2.78. The van der Waals surface area contributed by atoms with Crippen molar-refractivity contribution in [2.75, 3.05) is 5.32 Å². The van der Waals surface area contributed by atoms with Gasteiger partial charge >= 0.3 is 0 Å². The van der Waals surface area contributed by atoms with E-state index in [1.807, 2.05) is 0 Å². The fourth-order valence-electron chi connectivity index (χ4n) is 1.19. The van der Waals surface area contributed by atoms with Gasteiger partial charge in [-0.2, -0.15) is 0 Å². The van der Waals surface area contributed by atoms with Gasteiger partial charge in [-0.15, -0.1) is 0 Å². The van der Waals surface area contributed by atoms with Crippen LogP contribution < -0.4 is 5.32 Å². The van der Waals surface area contributed by atoms with E-state index < -0.39 is 17.5 Å². The largest absolute Gasteiger partial charge is 0.317 e. The molecule has 6 heteroatoms. The van der Waals surface area contributed by atoms with E-state index >= 15 is 0 Å². The molecule has 4 nitrogen and oxygen atoms in total. The molecule has 2 rings (SSSR count). The Morgan fingerprint density at radius 1 is 1.18 bits per heavy atom. The number of aromatic nitrogens is 2. The fraction of sp³-hybridized carbons (Fsp3) is 0. The second kappa shape index (κ2) is 4.65. The van der Waals surface area contributed by atoms with E-state index in [0.717, 1.165) is 12.1 Å². The van der Waals surface area contributed by atoms with Gasteiger partial charge in [0, 0.05) is 18.5 Å². The standard InChI is InChI=1S/C11H7F2N3O/c12-7-2-3-9(8(13)6-7)16-11(17)10-14-4-1-5-15-10/h1-6H,(H,16,17). The molecule has 0 aliphatic rings. The van der Waals surface area contributed by atoms with Gasteiger partial charge in [-0.25, -0.2) is 18.7 Å². The van der Waals surface area contributed by atoms with Crippen LogP contribution in [0.5, 0.6) is 0 Å². The van der Waals surface area contributed by atoms with Gasteiger partial charge in [0.25, 0.3) is 5.91 Å². The highest BCUT2D eigenvalue weighted by molar-refractivity contribution is 6.01. The molecule has 1 aromatic heterocycles. The topological polar surface area (TPSA) is 54.9 Å². The van der Waals surface area contributed by atoms with Crippen molar-refractivity contribution in [1.82, 2.24) is 9.97 Å². The van der Waals surface area contributed by atoms with Crippen molar-refractivity contribution in [2.45, 2.75) is 0 Å². The van der Waals surface area contributed by atoms with Crippen LogP contribution in [0.3, 0.4) is 0 Å². The molecule has 0 bridgehead atoms. The number of rotatable bonds is 2. The van der Waals surface area contributed by atoms with E-state index in [-0.39, 0.29) is 11.5 Å². The zero-order chi connectivity index (χ0) is 12.3. The van der Waals surface area contributed by atoms with Gasteiger partial charge in [0.1, 0.15) is 11.6 Å². The summed E-state index contributed by atoms with van der Waals surface area (Å²) in [7, 11) is 0. The van der Waals surface area contributed by atoms with E-state index in [0.29, 0.717) is 6.07 Å². The number of carbonyl (C=O) groups is 1. The van der Waals surface area contributed by atoms with Crippen molar-refractivity contribution < 1.29 is 13.6 Å². The normalized spacial score (nSPS) is 10.0. The number of carbonyl (C=O) groups excluding carboxylic acids is 1.